The van der Waals surface area contributed by atoms with E-state index < -0.39 is 166 Å². The third-order valence-corrected chi connectivity index (χ3v) is 14.0. The standard InChI is InChI=1S/C58H84N2O19/c1-35-16-14-12-10-8-6-4-5-7-9-11-13-15-17-46(77-57-54(72)53(59)49(70)34-76-57)31-50-52(56(73)74)48(69)33-58(75,79-50)32-45(67)28-43(65)26-41(63)24-40(62)25-42(64)27-44(66)30-51(71)78-55(35)36(2)18-23-39(61)29-47(68)37-19-21-38(60-3)22-20-37/h4-17,19-22,35-36,39-41,43-46,48-50,52-55,57,60-63,65-67,69-70,72,75H,18,23-34,59H2,1-3H3,(H,73,74)/b5-4-,8-6-,9-7+,12-10+,13-11+,16-14+,17-15+/t35-,36-,39?,40?,41?,43?,44+,45?,46?,48-,49+,50-,52+,53-,54-,55-,57?,58?/m0/s1. The lowest BCUT2D eigenvalue weighted by Crippen LogP contribution is -2.59. The van der Waals surface area contributed by atoms with Gasteiger partial charge in [0.1, 0.15) is 23.9 Å². The molecule has 0 amide bonds. The third kappa shape index (κ3) is 23.5. The average Bonchev–Trinajstić information content (AvgIpc) is 3.36. The molecular weight excluding hydrogens is 1030 g/mol. The lowest BCUT2D eigenvalue weighted by molar-refractivity contribution is -0.305. The fourth-order valence-corrected chi connectivity index (χ4v) is 9.81. The molecule has 0 radical (unpaired) electrons. The van der Waals surface area contributed by atoms with Crippen molar-refractivity contribution < 1.29 is 94.3 Å². The van der Waals surface area contributed by atoms with Crippen LogP contribution in [0.3, 0.4) is 0 Å². The lowest BCUT2D eigenvalue weighted by Gasteiger charge is -2.45. The first-order chi connectivity index (χ1) is 37.5. The minimum absolute atomic E-state index is 0.105. The molecule has 8 unspecified atom stereocenters. The second kappa shape index (κ2) is 33.6. The van der Waals surface area contributed by atoms with Gasteiger partial charge in [0.15, 0.2) is 17.9 Å². The Morgan fingerprint density at radius 3 is 1.89 bits per heavy atom. The third-order valence-electron chi connectivity index (χ3n) is 14.0. The number of carboxylic acids is 1. The number of aliphatic carboxylic acids is 1. The molecule has 0 spiro atoms. The number of carbonyl (C=O) groups is 4. The SMILES string of the molecule is CNc1ccc(C(=O)CC(O)CC[C@H](C)[C@H]2OC(=O)C[C@H](O)CC(=O)CC(O)CC(O)CC(O)CC(O)CC3(O)C[C@H](O)[C@@H](C(=O)O)[C@H](CC(OC4OC[C@@H](O)[C@H](N)[C@@H]4O)/C=C/C=C/C=C/C=C\C=C/C=C/C=C/[C@@H]2C)O3)cc1. The Kier molecular flexibility index (Phi) is 28.3. The van der Waals surface area contributed by atoms with Crippen molar-refractivity contribution in [3.63, 3.8) is 0 Å². The van der Waals surface area contributed by atoms with E-state index in [-0.39, 0.29) is 43.5 Å². The summed E-state index contributed by atoms with van der Waals surface area (Å²) < 4.78 is 23.4. The fourth-order valence-electron chi connectivity index (χ4n) is 9.81. The number of anilines is 1. The molecule has 3 aliphatic rings. The molecular formula is C58H84N2O19. The predicted octanol–water partition coefficient (Wildman–Crippen LogP) is 2.36. The van der Waals surface area contributed by atoms with Crippen LogP contribution in [0.15, 0.2) is 109 Å². The van der Waals surface area contributed by atoms with Crippen LogP contribution in [0, 0.1) is 17.8 Å². The topological polar surface area (TPSA) is 366 Å². The number of Topliss-reactive ketones (excluding diaryl/α,β-unsaturated/α-hetero) is 2. The van der Waals surface area contributed by atoms with Gasteiger partial charge in [0.2, 0.25) is 0 Å². The first-order valence-electron chi connectivity index (χ1n) is 27.0. The molecule has 18 atom stereocenters. The molecule has 3 aliphatic heterocycles. The van der Waals surface area contributed by atoms with Crippen LogP contribution in [-0.2, 0) is 33.3 Å². The zero-order valence-electron chi connectivity index (χ0n) is 45.2. The number of aliphatic hydroxyl groups excluding tert-OH is 9. The molecule has 4 rings (SSSR count). The molecule has 3 heterocycles. The number of carbonyl (C=O) groups excluding carboxylic acids is 3. The fraction of sp³-hybridized carbons (Fsp3) is 0.586. The lowest BCUT2D eigenvalue weighted by atomic mass is 9.82. The smallest absolute Gasteiger partial charge is 0.311 e. The summed E-state index contributed by atoms with van der Waals surface area (Å²) in [6, 6.07) is 5.76. The van der Waals surface area contributed by atoms with Crippen LogP contribution in [0.1, 0.15) is 101 Å². The van der Waals surface area contributed by atoms with E-state index in [1.54, 1.807) is 104 Å². The summed E-state index contributed by atoms with van der Waals surface area (Å²) >= 11 is 0. The number of cyclic esters (lactones) is 1. The Morgan fingerprint density at radius 1 is 0.734 bits per heavy atom. The molecule has 2 bridgehead atoms. The minimum atomic E-state index is -2.34. The molecule has 21 nitrogen and oxygen atoms in total. The summed E-state index contributed by atoms with van der Waals surface area (Å²) in [6.07, 6.45) is 2.83. The van der Waals surface area contributed by atoms with Crippen molar-refractivity contribution in [1.29, 1.82) is 0 Å². The Balaban J connectivity index is 1.52. The van der Waals surface area contributed by atoms with Crippen LogP contribution in [0.25, 0.3) is 0 Å². The predicted molar refractivity (Wildman–Crippen MR) is 291 cm³/mol. The van der Waals surface area contributed by atoms with Gasteiger partial charge in [0.25, 0.3) is 0 Å². The van der Waals surface area contributed by atoms with Gasteiger partial charge in [-0.25, -0.2) is 0 Å². The maximum atomic E-state index is 13.3. The number of ketones is 2. The van der Waals surface area contributed by atoms with Crippen LogP contribution < -0.4 is 11.1 Å². The van der Waals surface area contributed by atoms with Gasteiger partial charge in [0, 0.05) is 62.7 Å². The summed E-state index contributed by atoms with van der Waals surface area (Å²) in [5.41, 5.74) is 7.26. The van der Waals surface area contributed by atoms with E-state index in [4.69, 9.17) is 24.7 Å². The van der Waals surface area contributed by atoms with Gasteiger partial charge in [-0.3, -0.25) is 19.2 Å². The Labute approximate surface area is 461 Å². The van der Waals surface area contributed by atoms with Gasteiger partial charge in [-0.2, -0.15) is 0 Å². The number of benzene rings is 1. The molecule has 2 saturated heterocycles. The average molecular weight is 1110 g/mol. The molecule has 79 heavy (non-hydrogen) atoms. The second-order valence-corrected chi connectivity index (χ2v) is 21.0. The number of allylic oxidation sites excluding steroid dienone is 12. The number of rotatable bonds is 11. The summed E-state index contributed by atoms with van der Waals surface area (Å²) in [4.78, 5) is 51.7. The zero-order valence-corrected chi connectivity index (χ0v) is 45.2. The summed E-state index contributed by atoms with van der Waals surface area (Å²) in [5, 5.41) is 122. The molecule has 440 valence electrons. The normalized spacial score (nSPS) is 37.4. The van der Waals surface area contributed by atoms with Crippen LogP contribution in [0.5, 0.6) is 0 Å². The highest BCUT2D eigenvalue weighted by atomic mass is 16.7. The summed E-state index contributed by atoms with van der Waals surface area (Å²) in [6.45, 7) is 3.41. The highest BCUT2D eigenvalue weighted by Gasteiger charge is 2.50. The Hall–Kier alpha value is -5.08. The van der Waals surface area contributed by atoms with Crippen LogP contribution in [0.2, 0.25) is 0 Å². The van der Waals surface area contributed by atoms with E-state index >= 15 is 0 Å². The van der Waals surface area contributed by atoms with Crippen molar-refractivity contribution in [2.75, 3.05) is 19.0 Å². The number of hydrogen-bond acceptors (Lipinski definition) is 20. The molecule has 0 aliphatic carbocycles. The summed E-state index contributed by atoms with van der Waals surface area (Å²) in [7, 11) is 1.76. The van der Waals surface area contributed by atoms with Crippen molar-refractivity contribution in [2.24, 2.45) is 23.5 Å². The number of carboxylic acid groups (broad SMARTS) is 1. The van der Waals surface area contributed by atoms with E-state index in [2.05, 4.69) is 5.32 Å². The van der Waals surface area contributed by atoms with Gasteiger partial charge >= 0.3 is 11.9 Å². The van der Waals surface area contributed by atoms with Crippen molar-refractivity contribution in [2.45, 2.75) is 182 Å². The van der Waals surface area contributed by atoms with Gasteiger partial charge in [-0.15, -0.1) is 0 Å². The number of aliphatic hydroxyl groups is 10. The maximum Gasteiger partial charge on any atom is 0.311 e. The van der Waals surface area contributed by atoms with Crippen molar-refractivity contribution in [1.82, 2.24) is 0 Å². The van der Waals surface area contributed by atoms with Crippen molar-refractivity contribution in [3.8, 4) is 0 Å². The number of hydrogen-bond donors (Lipinski definition) is 13. The van der Waals surface area contributed by atoms with Crippen LogP contribution >= 0.6 is 0 Å². The quantitative estimate of drug-likeness (QED) is 0.112. The molecule has 2 fully saturated rings. The Bertz CT molecular complexity index is 2270. The number of fused-ring (bicyclic) bond motifs is 2. The second-order valence-electron chi connectivity index (χ2n) is 21.0. The van der Waals surface area contributed by atoms with E-state index in [0.717, 1.165) is 5.69 Å². The van der Waals surface area contributed by atoms with Crippen molar-refractivity contribution >= 4 is 29.2 Å². The van der Waals surface area contributed by atoms with E-state index in [9.17, 15) is 75.3 Å². The number of nitrogens with one attached hydrogen (secondary N) is 1. The minimum Gasteiger partial charge on any atom is -0.481 e. The molecule has 14 N–H and O–H groups in total. The van der Waals surface area contributed by atoms with E-state index in [0.29, 0.717) is 12.0 Å². The van der Waals surface area contributed by atoms with E-state index in [1.807, 2.05) is 19.9 Å². The van der Waals surface area contributed by atoms with Gasteiger partial charge in [-0.05, 0) is 62.3 Å². The highest BCUT2D eigenvalue weighted by molar-refractivity contribution is 5.96. The highest BCUT2D eigenvalue weighted by Crippen LogP contribution is 2.38. The molecule has 21 heteroatoms. The molecule has 1 aromatic rings. The number of nitrogens with two attached hydrogens (primary N) is 1. The largest absolute Gasteiger partial charge is 0.481 e. The van der Waals surface area contributed by atoms with Gasteiger partial charge < -0.3 is 86.2 Å². The zero-order chi connectivity index (χ0) is 58.2. The molecule has 0 aromatic heterocycles. The number of esters is 1. The number of ether oxygens (including phenoxy) is 4. The molecule has 1 aromatic carbocycles. The van der Waals surface area contributed by atoms with Gasteiger partial charge in [0.05, 0.1) is 80.1 Å². The first kappa shape index (κ1) is 66.4. The molecule has 0 saturated carbocycles. The monoisotopic (exact) mass is 1110 g/mol. The van der Waals surface area contributed by atoms with E-state index in [1.165, 1.54) is 6.08 Å². The van der Waals surface area contributed by atoms with Crippen LogP contribution in [0.4, 0.5) is 5.69 Å². The van der Waals surface area contributed by atoms with Crippen molar-refractivity contribution in [3.05, 3.63) is 115 Å². The Morgan fingerprint density at radius 2 is 1.29 bits per heavy atom. The maximum absolute atomic E-state index is 13.3. The summed E-state index contributed by atoms with van der Waals surface area (Å²) in [5.74, 6) is -7.73. The first-order valence-corrected chi connectivity index (χ1v) is 27.0. The van der Waals surface area contributed by atoms with Crippen LogP contribution in [-0.4, -0.2) is 185 Å². The van der Waals surface area contributed by atoms with Gasteiger partial charge in [-0.1, -0.05) is 98.9 Å².